The number of halogens is 1. The third-order valence-corrected chi connectivity index (χ3v) is 7.68. The van der Waals surface area contributed by atoms with Gasteiger partial charge in [-0.25, -0.2) is 4.79 Å². The SMILES string of the molecule is C=Cc1ccc(OC(=O)N2CCc3c([nH]c4ccc(Cl)cc34)C2c2cccc(OCCCN(C)CCOC)c2)cc1. The first kappa shape index (κ1) is 28.7. The van der Waals surface area contributed by atoms with E-state index >= 15 is 0 Å². The third-order valence-electron chi connectivity index (χ3n) is 7.45. The standard InChI is InChI=1S/C33H36ClN3O4/c1-4-23-9-12-26(13-10-23)41-33(38)37-17-15-28-29-22-25(34)11-14-30(29)35-31(28)32(37)24-7-5-8-27(21-24)40-19-6-16-36(2)18-20-39-3/h4-5,7-14,21-22,32,35H,1,6,15-20H2,2-3H3. The number of aromatic nitrogens is 1. The molecule has 0 spiro atoms. The molecule has 41 heavy (non-hydrogen) atoms. The van der Waals surface area contributed by atoms with Crippen LogP contribution in [-0.4, -0.2) is 67.9 Å². The molecule has 0 aliphatic carbocycles. The van der Waals surface area contributed by atoms with Gasteiger partial charge in [-0.1, -0.05) is 48.5 Å². The normalized spacial score (nSPS) is 14.7. The number of amides is 1. The molecule has 0 bridgehead atoms. The summed E-state index contributed by atoms with van der Waals surface area (Å²) in [5.74, 6) is 1.25. The van der Waals surface area contributed by atoms with Gasteiger partial charge in [0.05, 0.1) is 13.2 Å². The molecule has 1 aliphatic rings. The molecule has 1 unspecified atom stereocenters. The zero-order chi connectivity index (χ0) is 28.8. The summed E-state index contributed by atoms with van der Waals surface area (Å²) in [6.45, 7) is 7.39. The zero-order valence-electron chi connectivity index (χ0n) is 23.6. The van der Waals surface area contributed by atoms with Gasteiger partial charge in [-0.15, -0.1) is 0 Å². The highest BCUT2D eigenvalue weighted by atomic mass is 35.5. The number of benzene rings is 3. The number of nitrogens with one attached hydrogen (secondary N) is 1. The number of H-pyrrole nitrogens is 1. The molecular weight excluding hydrogens is 538 g/mol. The zero-order valence-corrected chi connectivity index (χ0v) is 24.3. The highest BCUT2D eigenvalue weighted by Crippen LogP contribution is 2.40. The van der Waals surface area contributed by atoms with Crippen molar-refractivity contribution in [3.63, 3.8) is 0 Å². The number of likely N-dealkylation sites (N-methyl/N-ethyl adjacent to an activating group) is 1. The minimum absolute atomic E-state index is 0.381. The molecule has 0 radical (unpaired) electrons. The Morgan fingerprint density at radius 2 is 1.93 bits per heavy atom. The molecule has 4 aromatic rings. The van der Waals surface area contributed by atoms with Crippen molar-refractivity contribution in [3.05, 3.63) is 101 Å². The van der Waals surface area contributed by atoms with Crippen LogP contribution in [0.25, 0.3) is 17.0 Å². The van der Waals surface area contributed by atoms with Crippen molar-refractivity contribution in [1.29, 1.82) is 0 Å². The molecule has 0 saturated heterocycles. The van der Waals surface area contributed by atoms with Crippen LogP contribution >= 0.6 is 11.6 Å². The molecule has 1 aliphatic heterocycles. The number of carbonyl (C=O) groups excluding carboxylic acids is 1. The van der Waals surface area contributed by atoms with Gasteiger partial charge in [0.1, 0.15) is 17.5 Å². The topological polar surface area (TPSA) is 67.0 Å². The number of hydrogen-bond acceptors (Lipinski definition) is 5. The predicted molar refractivity (Wildman–Crippen MR) is 164 cm³/mol. The van der Waals surface area contributed by atoms with E-state index in [0.29, 0.717) is 37.0 Å². The van der Waals surface area contributed by atoms with E-state index in [1.165, 1.54) is 0 Å². The van der Waals surface area contributed by atoms with Gasteiger partial charge in [0.2, 0.25) is 0 Å². The van der Waals surface area contributed by atoms with E-state index < -0.39 is 6.09 Å². The summed E-state index contributed by atoms with van der Waals surface area (Å²) in [6, 6.07) is 20.8. The quantitative estimate of drug-likeness (QED) is 0.197. The predicted octanol–water partition coefficient (Wildman–Crippen LogP) is 6.96. The van der Waals surface area contributed by atoms with Crippen LogP contribution in [0.15, 0.2) is 73.3 Å². The molecule has 1 aromatic heterocycles. The lowest BCUT2D eigenvalue weighted by atomic mass is 9.92. The van der Waals surface area contributed by atoms with E-state index in [9.17, 15) is 4.79 Å². The fourth-order valence-corrected chi connectivity index (χ4v) is 5.47. The van der Waals surface area contributed by atoms with E-state index in [0.717, 1.165) is 58.5 Å². The smallest absolute Gasteiger partial charge is 0.416 e. The lowest BCUT2D eigenvalue weighted by Crippen LogP contribution is -2.42. The first-order valence-electron chi connectivity index (χ1n) is 13.9. The van der Waals surface area contributed by atoms with E-state index in [-0.39, 0.29) is 6.04 Å². The molecule has 214 valence electrons. The summed E-state index contributed by atoms with van der Waals surface area (Å²) in [6.07, 6.45) is 2.92. The number of hydrogen-bond donors (Lipinski definition) is 1. The average molecular weight is 574 g/mol. The highest BCUT2D eigenvalue weighted by Gasteiger charge is 2.36. The number of rotatable bonds is 11. The van der Waals surface area contributed by atoms with Crippen LogP contribution in [0.1, 0.15) is 34.8 Å². The summed E-state index contributed by atoms with van der Waals surface area (Å²) in [5.41, 5.74) is 5.02. The largest absolute Gasteiger partial charge is 0.494 e. The third kappa shape index (κ3) is 6.76. The average Bonchev–Trinajstić information content (AvgIpc) is 3.36. The fraction of sp³-hybridized carbons (Fsp3) is 0.303. The molecule has 5 rings (SSSR count). The number of nitrogens with zero attached hydrogens (tertiary/aromatic N) is 2. The van der Waals surface area contributed by atoms with Gasteiger partial charge in [-0.3, -0.25) is 4.90 Å². The van der Waals surface area contributed by atoms with Crippen LogP contribution in [0, 0.1) is 0 Å². The highest BCUT2D eigenvalue weighted by molar-refractivity contribution is 6.31. The first-order chi connectivity index (χ1) is 20.0. The minimum atomic E-state index is -0.408. The van der Waals surface area contributed by atoms with Gasteiger partial charge >= 0.3 is 6.09 Å². The number of ether oxygens (including phenoxy) is 3. The summed E-state index contributed by atoms with van der Waals surface area (Å²) >= 11 is 6.36. The number of methoxy groups -OCH3 is 1. The number of carbonyl (C=O) groups is 1. The summed E-state index contributed by atoms with van der Waals surface area (Å²) in [5, 5.41) is 1.76. The summed E-state index contributed by atoms with van der Waals surface area (Å²) in [7, 11) is 3.79. The Bertz CT molecular complexity index is 1500. The van der Waals surface area contributed by atoms with E-state index in [2.05, 4.69) is 23.5 Å². The maximum Gasteiger partial charge on any atom is 0.416 e. The van der Waals surface area contributed by atoms with Gasteiger partial charge in [-0.05, 0) is 79.0 Å². The molecular formula is C33H36ClN3O4. The molecule has 1 amide bonds. The second-order valence-electron chi connectivity index (χ2n) is 10.3. The molecule has 0 saturated carbocycles. The van der Waals surface area contributed by atoms with Crippen molar-refractivity contribution in [2.45, 2.75) is 18.9 Å². The maximum absolute atomic E-state index is 13.6. The molecule has 1 atom stereocenters. The van der Waals surface area contributed by atoms with Gasteiger partial charge < -0.3 is 24.1 Å². The Hall–Kier alpha value is -3.78. The second-order valence-corrected chi connectivity index (χ2v) is 10.7. The molecule has 8 heteroatoms. The van der Waals surface area contributed by atoms with Crippen molar-refractivity contribution < 1.29 is 19.0 Å². The van der Waals surface area contributed by atoms with Crippen LogP contribution in [-0.2, 0) is 11.2 Å². The Kier molecular flexibility index (Phi) is 9.29. The van der Waals surface area contributed by atoms with Crippen LogP contribution < -0.4 is 9.47 Å². The molecule has 1 N–H and O–H groups in total. The number of fused-ring (bicyclic) bond motifs is 3. The van der Waals surface area contributed by atoms with E-state index in [4.69, 9.17) is 25.8 Å². The minimum Gasteiger partial charge on any atom is -0.494 e. The van der Waals surface area contributed by atoms with Crippen molar-refractivity contribution in [2.75, 3.05) is 47.0 Å². The lowest BCUT2D eigenvalue weighted by Gasteiger charge is -2.35. The molecule has 2 heterocycles. The van der Waals surface area contributed by atoms with Crippen LogP contribution in [0.5, 0.6) is 11.5 Å². The first-order valence-corrected chi connectivity index (χ1v) is 14.3. The number of aromatic amines is 1. The maximum atomic E-state index is 13.6. The molecule has 7 nitrogen and oxygen atoms in total. The Balaban J connectivity index is 1.40. The van der Waals surface area contributed by atoms with Crippen LogP contribution in [0.4, 0.5) is 4.79 Å². The summed E-state index contributed by atoms with van der Waals surface area (Å²) in [4.78, 5) is 21.2. The van der Waals surface area contributed by atoms with Gasteiger partial charge in [0, 0.05) is 48.4 Å². The Morgan fingerprint density at radius 3 is 2.71 bits per heavy atom. The van der Waals surface area contributed by atoms with Crippen LogP contribution in [0.3, 0.4) is 0 Å². The fourth-order valence-electron chi connectivity index (χ4n) is 5.29. The van der Waals surface area contributed by atoms with Gasteiger partial charge in [-0.2, -0.15) is 0 Å². The molecule has 3 aromatic carbocycles. The van der Waals surface area contributed by atoms with Gasteiger partial charge in [0.25, 0.3) is 0 Å². The Morgan fingerprint density at radius 1 is 1.10 bits per heavy atom. The summed E-state index contributed by atoms with van der Waals surface area (Å²) < 4.78 is 17.1. The van der Waals surface area contributed by atoms with Crippen molar-refractivity contribution in [2.24, 2.45) is 0 Å². The van der Waals surface area contributed by atoms with Gasteiger partial charge in [0.15, 0.2) is 0 Å². The van der Waals surface area contributed by atoms with E-state index in [1.54, 1.807) is 30.2 Å². The van der Waals surface area contributed by atoms with Crippen molar-refractivity contribution in [1.82, 2.24) is 14.8 Å². The monoisotopic (exact) mass is 573 g/mol. The van der Waals surface area contributed by atoms with Crippen molar-refractivity contribution >= 4 is 34.7 Å². The Labute approximate surface area is 246 Å². The van der Waals surface area contributed by atoms with E-state index in [1.807, 2.05) is 54.6 Å². The van der Waals surface area contributed by atoms with Crippen molar-refractivity contribution in [3.8, 4) is 11.5 Å². The molecule has 0 fully saturated rings. The lowest BCUT2D eigenvalue weighted by molar-refractivity contribution is 0.135. The second kappa shape index (κ2) is 13.3. The van der Waals surface area contributed by atoms with Crippen LogP contribution in [0.2, 0.25) is 5.02 Å².